The smallest absolute Gasteiger partial charge is 0.351 e. The molecule has 0 unspecified atom stereocenters. The Morgan fingerprint density at radius 2 is 0.850 bits per heavy atom. The largest absolute Gasteiger partial charge is 0.679 e. The molecule has 0 saturated carbocycles. The van der Waals surface area contributed by atoms with Gasteiger partial charge in [0.25, 0.3) is 0 Å². The lowest BCUT2D eigenvalue weighted by atomic mass is 10.4. The Labute approximate surface area is 126 Å². The first-order valence-electron chi connectivity index (χ1n) is 8.30. The van der Waals surface area contributed by atoms with Gasteiger partial charge in [-0.2, -0.15) is 0 Å². The molecular weight excluding hydrogens is 272 g/mol. The Hall–Kier alpha value is 0.0569. The molecule has 0 aromatic rings. The molecule has 0 fully saturated rings. The topological polar surface area (TPSA) is 36.9 Å². The van der Waals surface area contributed by atoms with Crippen LogP contribution in [0.2, 0.25) is 0 Å². The summed E-state index contributed by atoms with van der Waals surface area (Å²) in [6.45, 7) is 11.1. The van der Waals surface area contributed by atoms with Crippen LogP contribution in [-0.2, 0) is 17.7 Å². The van der Waals surface area contributed by atoms with Crippen LogP contribution in [0, 0.1) is 0 Å². The van der Waals surface area contributed by atoms with Crippen LogP contribution in [0.25, 0.3) is 0 Å². The molecular formula is C15H34O4Si. The molecule has 0 N–H and O–H groups in total. The molecule has 0 atom stereocenters. The van der Waals surface area contributed by atoms with E-state index in [1.54, 1.807) is 0 Å². The predicted octanol–water partition coefficient (Wildman–Crippen LogP) is 4.30. The maximum absolute atomic E-state index is 5.94. The molecule has 0 saturated heterocycles. The fourth-order valence-electron chi connectivity index (χ4n) is 1.50. The van der Waals surface area contributed by atoms with Gasteiger partial charge in [-0.1, -0.05) is 47.0 Å². The molecule has 0 radical (unpaired) electrons. The van der Waals surface area contributed by atoms with Crippen molar-refractivity contribution in [3.63, 3.8) is 0 Å². The minimum absolute atomic E-state index is 0.636. The zero-order chi connectivity index (χ0) is 15.1. The van der Waals surface area contributed by atoms with Gasteiger partial charge in [-0.25, -0.2) is 0 Å². The van der Waals surface area contributed by atoms with E-state index in [4.69, 9.17) is 17.7 Å². The fraction of sp³-hybridized carbons (Fsp3) is 1.00. The van der Waals surface area contributed by atoms with Crippen molar-refractivity contribution >= 4 is 9.05 Å². The lowest BCUT2D eigenvalue weighted by Crippen LogP contribution is -2.50. The van der Waals surface area contributed by atoms with Gasteiger partial charge in [-0.15, -0.1) is 0 Å². The summed E-state index contributed by atoms with van der Waals surface area (Å²) in [7, 11) is -2.93. The van der Waals surface area contributed by atoms with E-state index < -0.39 is 9.05 Å². The van der Waals surface area contributed by atoms with Gasteiger partial charge in [0, 0.05) is 26.4 Å². The summed E-state index contributed by atoms with van der Waals surface area (Å²) >= 11 is 0. The Morgan fingerprint density at radius 3 is 1.15 bits per heavy atom. The normalized spacial score (nSPS) is 12.0. The number of hydrogen-bond donors (Lipinski definition) is 0. The van der Waals surface area contributed by atoms with Crippen LogP contribution >= 0.6 is 0 Å². The molecule has 0 aliphatic rings. The van der Waals surface area contributed by atoms with Crippen molar-refractivity contribution in [1.82, 2.24) is 0 Å². The number of rotatable bonds is 15. The second kappa shape index (κ2) is 14.0. The third kappa shape index (κ3) is 9.88. The molecule has 122 valence electrons. The SMILES string of the molecule is CCCCO[Si](OCCC)(OCCCC)OCCCC. The summed E-state index contributed by atoms with van der Waals surface area (Å²) in [5.74, 6) is 0. The van der Waals surface area contributed by atoms with Crippen molar-refractivity contribution in [3.05, 3.63) is 0 Å². The maximum atomic E-state index is 5.94. The first-order valence-corrected chi connectivity index (χ1v) is 9.93. The van der Waals surface area contributed by atoms with Crippen LogP contribution < -0.4 is 0 Å². The quantitative estimate of drug-likeness (QED) is 0.334. The van der Waals surface area contributed by atoms with Gasteiger partial charge in [0.2, 0.25) is 0 Å². The zero-order valence-electron chi connectivity index (χ0n) is 13.9. The third-order valence-electron chi connectivity index (χ3n) is 2.81. The van der Waals surface area contributed by atoms with E-state index in [2.05, 4.69) is 27.7 Å². The number of hydrogen-bond acceptors (Lipinski definition) is 4. The molecule has 0 spiro atoms. The second-order valence-electron chi connectivity index (χ2n) is 4.95. The van der Waals surface area contributed by atoms with Gasteiger partial charge < -0.3 is 17.7 Å². The van der Waals surface area contributed by atoms with Gasteiger partial charge in [-0.05, 0) is 25.7 Å². The van der Waals surface area contributed by atoms with Gasteiger partial charge in [0.1, 0.15) is 0 Å². The minimum Gasteiger partial charge on any atom is -0.351 e. The summed E-state index contributed by atoms with van der Waals surface area (Å²) in [5.41, 5.74) is 0. The summed E-state index contributed by atoms with van der Waals surface area (Å²) in [5, 5.41) is 0. The maximum Gasteiger partial charge on any atom is 0.679 e. The monoisotopic (exact) mass is 306 g/mol. The average molecular weight is 307 g/mol. The summed E-state index contributed by atoms with van der Waals surface area (Å²) < 4.78 is 23.7. The van der Waals surface area contributed by atoms with Crippen LogP contribution in [0.4, 0.5) is 0 Å². The highest BCUT2D eigenvalue weighted by Gasteiger charge is 2.45. The molecule has 0 amide bonds. The van der Waals surface area contributed by atoms with Crippen molar-refractivity contribution < 1.29 is 17.7 Å². The van der Waals surface area contributed by atoms with Crippen molar-refractivity contribution in [2.45, 2.75) is 72.6 Å². The first kappa shape index (κ1) is 20.1. The molecule has 20 heavy (non-hydrogen) atoms. The highest BCUT2D eigenvalue weighted by Crippen LogP contribution is 2.15. The predicted molar refractivity (Wildman–Crippen MR) is 84.6 cm³/mol. The molecule has 0 rings (SSSR count). The van der Waals surface area contributed by atoms with E-state index in [9.17, 15) is 0 Å². The van der Waals surface area contributed by atoms with Crippen LogP contribution in [0.1, 0.15) is 72.6 Å². The van der Waals surface area contributed by atoms with Crippen LogP contribution in [0.15, 0.2) is 0 Å². The molecule has 0 heterocycles. The van der Waals surface area contributed by atoms with E-state index >= 15 is 0 Å². The molecule has 0 aromatic heterocycles. The molecule has 0 bridgehead atoms. The Kier molecular flexibility index (Phi) is 14.1. The lowest BCUT2D eigenvalue weighted by Gasteiger charge is -2.28. The zero-order valence-corrected chi connectivity index (χ0v) is 14.9. The summed E-state index contributed by atoms with van der Waals surface area (Å²) in [4.78, 5) is 0. The molecule has 0 aromatic carbocycles. The fourth-order valence-corrected chi connectivity index (χ4v) is 3.64. The standard InChI is InChI=1S/C15H34O4Si/c1-5-9-13-17-20(16-12-8-4,18-14-10-6-2)19-15-11-7-3/h5-15H2,1-4H3. The second-order valence-corrected chi connectivity index (χ2v) is 7.11. The van der Waals surface area contributed by atoms with Crippen LogP contribution in [0.3, 0.4) is 0 Å². The Balaban J connectivity index is 4.48. The summed E-state index contributed by atoms with van der Waals surface area (Å²) in [6.07, 6.45) is 7.28. The molecule has 0 aliphatic carbocycles. The number of unbranched alkanes of at least 4 members (excludes halogenated alkanes) is 3. The van der Waals surface area contributed by atoms with Crippen molar-refractivity contribution in [1.29, 1.82) is 0 Å². The van der Waals surface area contributed by atoms with Crippen molar-refractivity contribution in [2.24, 2.45) is 0 Å². The Morgan fingerprint density at radius 1 is 0.500 bits per heavy atom. The molecule has 4 nitrogen and oxygen atoms in total. The average Bonchev–Trinajstić information content (AvgIpc) is 2.46. The summed E-state index contributed by atoms with van der Waals surface area (Å²) in [6, 6.07) is 0. The minimum atomic E-state index is -2.93. The highest BCUT2D eigenvalue weighted by molar-refractivity contribution is 6.53. The van der Waals surface area contributed by atoms with Crippen LogP contribution in [-0.4, -0.2) is 35.5 Å². The third-order valence-corrected chi connectivity index (χ3v) is 5.04. The van der Waals surface area contributed by atoms with Crippen LogP contribution in [0.5, 0.6) is 0 Å². The van der Waals surface area contributed by atoms with E-state index in [1.807, 2.05) is 0 Å². The lowest BCUT2D eigenvalue weighted by molar-refractivity contribution is -0.0363. The van der Waals surface area contributed by atoms with Gasteiger partial charge >= 0.3 is 9.05 Å². The Bertz CT molecular complexity index is 176. The van der Waals surface area contributed by atoms with Gasteiger partial charge in [-0.3, -0.25) is 0 Å². The van der Waals surface area contributed by atoms with Crippen molar-refractivity contribution in [3.8, 4) is 0 Å². The molecule has 5 heteroatoms. The van der Waals surface area contributed by atoms with E-state index in [0.29, 0.717) is 26.4 Å². The van der Waals surface area contributed by atoms with Gasteiger partial charge in [0.15, 0.2) is 0 Å². The van der Waals surface area contributed by atoms with E-state index in [-0.39, 0.29) is 0 Å². The van der Waals surface area contributed by atoms with E-state index in [1.165, 1.54) is 0 Å². The highest BCUT2D eigenvalue weighted by atomic mass is 28.4. The van der Waals surface area contributed by atoms with Crippen molar-refractivity contribution in [2.75, 3.05) is 26.4 Å². The molecule has 0 aliphatic heterocycles. The first-order chi connectivity index (χ1) is 9.74. The van der Waals surface area contributed by atoms with Gasteiger partial charge in [0.05, 0.1) is 0 Å². The van der Waals surface area contributed by atoms with E-state index in [0.717, 1.165) is 44.9 Å².